The van der Waals surface area contributed by atoms with Gasteiger partial charge in [-0.05, 0) is 31.5 Å². The highest BCUT2D eigenvalue weighted by molar-refractivity contribution is 7.19. The zero-order valence-corrected chi connectivity index (χ0v) is 12.5. The van der Waals surface area contributed by atoms with Crippen molar-refractivity contribution in [2.24, 2.45) is 0 Å². The van der Waals surface area contributed by atoms with Crippen molar-refractivity contribution in [3.63, 3.8) is 0 Å². The van der Waals surface area contributed by atoms with Crippen LogP contribution < -0.4 is 10.2 Å². The molecule has 0 atom stereocenters. The minimum Gasteiger partial charge on any atom is -0.305 e. The number of urea groups is 1. The first kappa shape index (κ1) is 12.3. The number of nitrogens with one attached hydrogen (secondary N) is 1. The fourth-order valence-electron chi connectivity index (χ4n) is 2.78. The summed E-state index contributed by atoms with van der Waals surface area (Å²) in [5.41, 5.74) is 3.76. The second-order valence-electron chi connectivity index (χ2n) is 5.10. The third-order valence-corrected chi connectivity index (χ3v) is 4.79. The highest BCUT2D eigenvalue weighted by Gasteiger charge is 2.30. The molecule has 3 aromatic rings. The number of anilines is 3. The van der Waals surface area contributed by atoms with Gasteiger partial charge in [0.25, 0.3) is 0 Å². The third kappa shape index (κ3) is 1.67. The lowest BCUT2D eigenvalue weighted by Gasteiger charge is -2.29. The van der Waals surface area contributed by atoms with E-state index < -0.39 is 0 Å². The van der Waals surface area contributed by atoms with E-state index in [-0.39, 0.29) is 6.03 Å². The molecule has 2 aromatic heterocycles. The Morgan fingerprint density at radius 3 is 2.76 bits per heavy atom. The standard InChI is InChI=1S/C16H13N3OS/c1-9-5-3-4-6-11(9)19-12-7-8-17-15-13(12)14(10(2)21-15)18-16(19)20/h3-8H,1-2H3,(H,18,20). The lowest BCUT2D eigenvalue weighted by Crippen LogP contribution is -2.34. The number of benzene rings is 1. The molecule has 0 fully saturated rings. The lowest BCUT2D eigenvalue weighted by molar-refractivity contribution is 0.259. The Morgan fingerprint density at radius 2 is 1.95 bits per heavy atom. The van der Waals surface area contributed by atoms with Gasteiger partial charge in [-0.1, -0.05) is 18.2 Å². The van der Waals surface area contributed by atoms with Gasteiger partial charge in [-0.3, -0.25) is 4.90 Å². The number of aryl methyl sites for hydroxylation is 2. The van der Waals surface area contributed by atoms with Gasteiger partial charge >= 0.3 is 6.03 Å². The lowest BCUT2D eigenvalue weighted by atomic mass is 10.1. The number of carbonyl (C=O) groups is 1. The van der Waals surface area contributed by atoms with Crippen molar-refractivity contribution in [3.05, 3.63) is 47.0 Å². The molecule has 4 rings (SSSR count). The predicted molar refractivity (Wildman–Crippen MR) is 86.7 cm³/mol. The summed E-state index contributed by atoms with van der Waals surface area (Å²) < 4.78 is 0. The molecule has 21 heavy (non-hydrogen) atoms. The van der Waals surface area contributed by atoms with Crippen LogP contribution in [-0.2, 0) is 0 Å². The van der Waals surface area contributed by atoms with Crippen LogP contribution in [0.4, 0.5) is 21.9 Å². The number of pyridine rings is 1. The van der Waals surface area contributed by atoms with Crippen LogP contribution >= 0.6 is 11.3 Å². The summed E-state index contributed by atoms with van der Waals surface area (Å²) >= 11 is 1.61. The van der Waals surface area contributed by atoms with Gasteiger partial charge in [0, 0.05) is 11.1 Å². The van der Waals surface area contributed by atoms with E-state index in [0.29, 0.717) is 0 Å². The number of rotatable bonds is 1. The normalized spacial score (nSPS) is 13.6. The summed E-state index contributed by atoms with van der Waals surface area (Å²) in [6, 6.07) is 9.68. The molecule has 2 amide bonds. The Balaban J connectivity index is 2.04. The summed E-state index contributed by atoms with van der Waals surface area (Å²) in [7, 11) is 0. The van der Waals surface area contributed by atoms with Crippen LogP contribution in [0, 0.1) is 13.8 Å². The molecule has 1 aliphatic rings. The quantitative estimate of drug-likeness (QED) is 0.713. The molecule has 0 spiro atoms. The number of nitrogens with zero attached hydrogens (tertiary/aromatic N) is 2. The first-order valence-electron chi connectivity index (χ1n) is 6.71. The van der Waals surface area contributed by atoms with Crippen LogP contribution in [0.25, 0.3) is 10.2 Å². The van der Waals surface area contributed by atoms with Crippen molar-refractivity contribution in [1.82, 2.24) is 4.98 Å². The number of hydrogen-bond donors (Lipinski definition) is 1. The molecule has 4 nitrogen and oxygen atoms in total. The Morgan fingerprint density at radius 1 is 1.14 bits per heavy atom. The van der Waals surface area contributed by atoms with Crippen LogP contribution in [0.1, 0.15) is 10.4 Å². The molecular formula is C16H13N3OS. The average Bonchev–Trinajstić information content (AvgIpc) is 2.78. The molecule has 0 unspecified atom stereocenters. The first-order chi connectivity index (χ1) is 10.2. The van der Waals surface area contributed by atoms with E-state index in [4.69, 9.17) is 0 Å². The van der Waals surface area contributed by atoms with E-state index >= 15 is 0 Å². The van der Waals surface area contributed by atoms with E-state index in [1.54, 1.807) is 22.4 Å². The Labute approximate surface area is 126 Å². The molecule has 5 heteroatoms. The van der Waals surface area contributed by atoms with Gasteiger partial charge in [-0.2, -0.15) is 0 Å². The maximum absolute atomic E-state index is 12.6. The molecule has 104 valence electrons. The van der Waals surface area contributed by atoms with Crippen LogP contribution in [0.5, 0.6) is 0 Å². The number of hydrogen-bond acceptors (Lipinski definition) is 3. The molecule has 0 radical (unpaired) electrons. The highest BCUT2D eigenvalue weighted by atomic mass is 32.1. The molecule has 0 bridgehead atoms. The van der Waals surface area contributed by atoms with Crippen LogP contribution in [0.15, 0.2) is 36.5 Å². The maximum Gasteiger partial charge on any atom is 0.331 e. The molecule has 1 aliphatic heterocycles. The molecule has 1 N–H and O–H groups in total. The van der Waals surface area contributed by atoms with Gasteiger partial charge in [-0.25, -0.2) is 9.78 Å². The Hall–Kier alpha value is -2.40. The molecule has 3 heterocycles. The third-order valence-electron chi connectivity index (χ3n) is 3.78. The molecular weight excluding hydrogens is 282 g/mol. The summed E-state index contributed by atoms with van der Waals surface area (Å²) in [5, 5.41) is 4.04. The van der Waals surface area contributed by atoms with Crippen LogP contribution in [0.2, 0.25) is 0 Å². The molecule has 1 aromatic carbocycles. The van der Waals surface area contributed by atoms with Crippen molar-refractivity contribution in [2.75, 3.05) is 10.2 Å². The minimum atomic E-state index is -0.120. The Bertz CT molecular complexity index is 884. The van der Waals surface area contributed by atoms with E-state index in [1.165, 1.54) is 0 Å². The van der Waals surface area contributed by atoms with E-state index in [0.717, 1.165) is 37.7 Å². The largest absolute Gasteiger partial charge is 0.331 e. The zero-order chi connectivity index (χ0) is 14.6. The van der Waals surface area contributed by atoms with Crippen LogP contribution in [-0.4, -0.2) is 11.0 Å². The van der Waals surface area contributed by atoms with Crippen molar-refractivity contribution in [1.29, 1.82) is 0 Å². The number of carbonyl (C=O) groups excluding carboxylic acids is 1. The van der Waals surface area contributed by atoms with Gasteiger partial charge in [0.2, 0.25) is 0 Å². The number of thiophene rings is 1. The average molecular weight is 295 g/mol. The SMILES string of the molecule is Cc1ccccc1N1C(=O)Nc2c(C)sc3nccc1c23. The number of para-hydroxylation sites is 1. The van der Waals surface area contributed by atoms with Crippen molar-refractivity contribution in [2.45, 2.75) is 13.8 Å². The smallest absolute Gasteiger partial charge is 0.305 e. The minimum absolute atomic E-state index is 0.120. The number of aromatic nitrogens is 1. The molecule has 0 saturated heterocycles. The second-order valence-corrected chi connectivity index (χ2v) is 6.30. The van der Waals surface area contributed by atoms with Gasteiger partial charge in [0.15, 0.2) is 0 Å². The van der Waals surface area contributed by atoms with Crippen LogP contribution in [0.3, 0.4) is 0 Å². The summed E-state index contributed by atoms with van der Waals surface area (Å²) in [4.78, 5) is 20.8. The van der Waals surface area contributed by atoms with Crippen molar-refractivity contribution in [3.8, 4) is 0 Å². The fourth-order valence-corrected chi connectivity index (χ4v) is 3.75. The fraction of sp³-hybridized carbons (Fsp3) is 0.125. The summed E-state index contributed by atoms with van der Waals surface area (Å²) in [6.45, 7) is 4.02. The summed E-state index contributed by atoms with van der Waals surface area (Å²) in [6.07, 6.45) is 1.77. The topological polar surface area (TPSA) is 45.2 Å². The van der Waals surface area contributed by atoms with Gasteiger partial charge in [-0.15, -0.1) is 11.3 Å². The van der Waals surface area contributed by atoms with Gasteiger partial charge in [0.1, 0.15) is 4.83 Å². The van der Waals surface area contributed by atoms with E-state index in [9.17, 15) is 4.79 Å². The van der Waals surface area contributed by atoms with Gasteiger partial charge < -0.3 is 5.32 Å². The highest BCUT2D eigenvalue weighted by Crippen LogP contribution is 2.45. The van der Waals surface area contributed by atoms with E-state index in [1.807, 2.05) is 44.2 Å². The number of amides is 2. The first-order valence-corrected chi connectivity index (χ1v) is 7.53. The molecule has 0 saturated carbocycles. The molecule has 0 aliphatic carbocycles. The summed E-state index contributed by atoms with van der Waals surface area (Å²) in [5.74, 6) is 0. The maximum atomic E-state index is 12.6. The zero-order valence-electron chi connectivity index (χ0n) is 11.7. The monoisotopic (exact) mass is 295 g/mol. The van der Waals surface area contributed by atoms with Crippen molar-refractivity contribution < 1.29 is 4.79 Å². The van der Waals surface area contributed by atoms with Crippen molar-refractivity contribution >= 4 is 44.6 Å². The Kier molecular flexibility index (Phi) is 2.53. The predicted octanol–water partition coefficient (Wildman–Crippen LogP) is 4.60. The van der Waals surface area contributed by atoms with E-state index in [2.05, 4.69) is 10.3 Å². The second kappa shape index (κ2) is 4.30. The van der Waals surface area contributed by atoms with Gasteiger partial charge in [0.05, 0.1) is 22.4 Å².